The Hall–Kier alpha value is -2.90. The second-order valence-corrected chi connectivity index (χ2v) is 5.93. The predicted octanol–water partition coefficient (Wildman–Crippen LogP) is 1.71. The molecule has 1 heterocycles. The Morgan fingerprint density at radius 3 is 2.62 bits per heavy atom. The number of carbonyl (C=O) groups excluding carboxylic acids is 3. The van der Waals surface area contributed by atoms with Crippen LogP contribution < -0.4 is 10.6 Å². The number of Topliss-reactive ketones (excluding diaryl/α,β-unsaturated/α-hetero) is 1. The lowest BCUT2D eigenvalue weighted by atomic mass is 9.90. The minimum atomic E-state index is -1.08. The lowest BCUT2D eigenvalue weighted by molar-refractivity contribution is -0.152. The number of nitrogen functional groups attached to an aromatic ring is 1. The van der Waals surface area contributed by atoms with Crippen molar-refractivity contribution in [3.8, 4) is 0 Å². The Morgan fingerprint density at radius 1 is 1.35 bits per heavy atom. The van der Waals surface area contributed by atoms with Gasteiger partial charge in [-0.1, -0.05) is 6.58 Å². The third-order valence-corrected chi connectivity index (χ3v) is 4.02. The van der Waals surface area contributed by atoms with E-state index in [-0.39, 0.29) is 36.6 Å². The first-order chi connectivity index (χ1) is 12.3. The van der Waals surface area contributed by atoms with Gasteiger partial charge in [-0.05, 0) is 26.0 Å². The van der Waals surface area contributed by atoms with Crippen LogP contribution in [0.25, 0.3) is 0 Å². The number of ether oxygens (including phenoxy) is 2. The molecular weight excluding hydrogens is 343 g/mol. The molecule has 1 aromatic rings. The Balaban J connectivity index is 2.07. The highest BCUT2D eigenvalue weighted by molar-refractivity contribution is 6.13. The summed E-state index contributed by atoms with van der Waals surface area (Å²) in [5.41, 5.74) is 6.34. The number of carbonyl (C=O) groups is 3. The number of nitrogens with two attached hydrogens (primary N) is 1. The van der Waals surface area contributed by atoms with Gasteiger partial charge in [0, 0.05) is 29.9 Å². The van der Waals surface area contributed by atoms with Crippen molar-refractivity contribution in [2.45, 2.75) is 13.8 Å². The molecule has 0 spiro atoms. The van der Waals surface area contributed by atoms with Gasteiger partial charge in [0.15, 0.2) is 5.78 Å². The van der Waals surface area contributed by atoms with Gasteiger partial charge in [-0.2, -0.15) is 0 Å². The predicted molar refractivity (Wildman–Crippen MR) is 93.3 cm³/mol. The van der Waals surface area contributed by atoms with E-state index in [1.54, 1.807) is 4.90 Å². The summed E-state index contributed by atoms with van der Waals surface area (Å²) >= 11 is 0. The van der Waals surface area contributed by atoms with Crippen LogP contribution >= 0.6 is 0 Å². The molecule has 0 saturated carbocycles. The number of hydrogen-bond acceptors (Lipinski definition) is 7. The van der Waals surface area contributed by atoms with Crippen molar-refractivity contribution in [2.24, 2.45) is 5.92 Å². The summed E-state index contributed by atoms with van der Waals surface area (Å²) in [6.45, 7) is 7.07. The molecule has 0 aliphatic carbocycles. The molecule has 0 saturated heterocycles. The molecule has 0 bridgehead atoms. The van der Waals surface area contributed by atoms with Crippen LogP contribution in [0.3, 0.4) is 0 Å². The zero-order chi connectivity index (χ0) is 19.4. The molecule has 2 N–H and O–H groups in total. The van der Waals surface area contributed by atoms with Crippen molar-refractivity contribution in [2.75, 3.05) is 36.9 Å². The number of nitrogens with zero attached hydrogens (tertiary/aromatic N) is 1. The van der Waals surface area contributed by atoms with Gasteiger partial charge in [0.25, 0.3) is 0 Å². The zero-order valence-corrected chi connectivity index (χ0v) is 14.7. The fraction of sp³-hybridized carbons (Fsp3) is 0.389. The van der Waals surface area contributed by atoms with Crippen molar-refractivity contribution in [3.05, 3.63) is 35.7 Å². The summed E-state index contributed by atoms with van der Waals surface area (Å²) in [5, 5.41) is 0. The van der Waals surface area contributed by atoms with E-state index in [9.17, 15) is 18.8 Å². The van der Waals surface area contributed by atoms with Gasteiger partial charge in [-0.15, -0.1) is 0 Å². The summed E-state index contributed by atoms with van der Waals surface area (Å²) in [5.74, 6) is -3.65. The summed E-state index contributed by atoms with van der Waals surface area (Å²) in [6, 6.07) is 2.44. The van der Waals surface area contributed by atoms with Crippen molar-refractivity contribution in [1.29, 1.82) is 0 Å². The second kappa shape index (κ2) is 7.99. The van der Waals surface area contributed by atoms with Crippen LogP contribution in [0, 0.1) is 11.7 Å². The summed E-state index contributed by atoms with van der Waals surface area (Å²) in [4.78, 5) is 37.9. The van der Waals surface area contributed by atoms with E-state index in [4.69, 9.17) is 15.2 Å². The molecule has 26 heavy (non-hydrogen) atoms. The van der Waals surface area contributed by atoms with Crippen LogP contribution in [0.5, 0.6) is 0 Å². The molecule has 1 aliphatic rings. The monoisotopic (exact) mass is 364 g/mol. The third kappa shape index (κ3) is 4.01. The minimum absolute atomic E-state index is 0.0599. The number of benzene rings is 1. The first-order valence-electron chi connectivity index (χ1n) is 8.13. The molecule has 0 amide bonds. The quantitative estimate of drug-likeness (QED) is 0.270. The van der Waals surface area contributed by atoms with Gasteiger partial charge in [0.2, 0.25) is 0 Å². The highest BCUT2D eigenvalue weighted by atomic mass is 19.1. The highest BCUT2D eigenvalue weighted by Gasteiger charge is 2.37. The van der Waals surface area contributed by atoms with Crippen molar-refractivity contribution < 1.29 is 28.2 Å². The maximum atomic E-state index is 13.8. The SMILES string of the molecule is C=C(C)C(=O)OCCOC(=O)C1CN(CC)c2cc(N)c(F)cc2C1=O. The van der Waals surface area contributed by atoms with Crippen LogP contribution in [-0.2, 0) is 19.1 Å². The van der Waals surface area contributed by atoms with Gasteiger partial charge in [0.1, 0.15) is 24.9 Å². The fourth-order valence-corrected chi connectivity index (χ4v) is 2.61. The van der Waals surface area contributed by atoms with E-state index in [0.29, 0.717) is 12.2 Å². The van der Waals surface area contributed by atoms with Crippen LogP contribution in [0.1, 0.15) is 24.2 Å². The zero-order valence-electron chi connectivity index (χ0n) is 14.7. The van der Waals surface area contributed by atoms with Crippen molar-refractivity contribution >= 4 is 29.1 Å². The molecular formula is C18H21FN2O5. The van der Waals surface area contributed by atoms with E-state index < -0.39 is 29.5 Å². The molecule has 1 aromatic carbocycles. The van der Waals surface area contributed by atoms with Gasteiger partial charge in [-0.3, -0.25) is 9.59 Å². The maximum Gasteiger partial charge on any atom is 0.333 e. The smallest absolute Gasteiger partial charge is 0.333 e. The average Bonchev–Trinajstić information content (AvgIpc) is 2.60. The Bertz CT molecular complexity index is 762. The van der Waals surface area contributed by atoms with Crippen LogP contribution in [0.15, 0.2) is 24.3 Å². The number of hydrogen-bond donors (Lipinski definition) is 1. The minimum Gasteiger partial charge on any atom is -0.461 e. The average molecular weight is 364 g/mol. The Labute approximate surface area is 150 Å². The lowest BCUT2D eigenvalue weighted by Gasteiger charge is -2.33. The van der Waals surface area contributed by atoms with Crippen LogP contribution in [0.2, 0.25) is 0 Å². The van der Waals surface area contributed by atoms with E-state index in [2.05, 4.69) is 6.58 Å². The topological polar surface area (TPSA) is 98.9 Å². The molecule has 1 atom stereocenters. The third-order valence-electron chi connectivity index (χ3n) is 4.02. The number of rotatable bonds is 6. The van der Waals surface area contributed by atoms with E-state index in [1.807, 2.05) is 6.92 Å². The first kappa shape index (κ1) is 19.4. The number of fused-ring (bicyclic) bond motifs is 1. The Morgan fingerprint density at radius 2 is 2.00 bits per heavy atom. The van der Waals surface area contributed by atoms with E-state index >= 15 is 0 Å². The van der Waals surface area contributed by atoms with Gasteiger partial charge in [0.05, 0.1) is 5.69 Å². The first-order valence-corrected chi connectivity index (χ1v) is 8.13. The van der Waals surface area contributed by atoms with Gasteiger partial charge < -0.3 is 20.1 Å². The summed E-state index contributed by atoms with van der Waals surface area (Å²) in [6.07, 6.45) is 0. The summed E-state index contributed by atoms with van der Waals surface area (Å²) in [7, 11) is 0. The normalized spacial score (nSPS) is 16.0. The number of anilines is 2. The lowest BCUT2D eigenvalue weighted by Crippen LogP contribution is -2.43. The number of esters is 2. The molecule has 140 valence electrons. The largest absolute Gasteiger partial charge is 0.461 e. The molecule has 0 radical (unpaired) electrons. The number of halogens is 1. The van der Waals surface area contributed by atoms with Gasteiger partial charge >= 0.3 is 11.9 Å². The highest BCUT2D eigenvalue weighted by Crippen LogP contribution is 2.33. The fourth-order valence-electron chi connectivity index (χ4n) is 2.61. The number of ketones is 1. The van der Waals surface area contributed by atoms with Crippen molar-refractivity contribution in [1.82, 2.24) is 0 Å². The molecule has 2 rings (SSSR count). The summed E-state index contributed by atoms with van der Waals surface area (Å²) < 4.78 is 23.6. The van der Waals surface area contributed by atoms with E-state index in [1.165, 1.54) is 13.0 Å². The Kier molecular flexibility index (Phi) is 5.97. The van der Waals surface area contributed by atoms with E-state index in [0.717, 1.165) is 6.07 Å². The molecule has 0 fully saturated rings. The van der Waals surface area contributed by atoms with Gasteiger partial charge in [-0.25, -0.2) is 9.18 Å². The molecule has 1 aliphatic heterocycles. The molecule has 0 aromatic heterocycles. The molecule has 8 heteroatoms. The standard InChI is InChI=1S/C18H21FN2O5/c1-4-21-9-12(18(24)26-6-5-25-17(23)10(2)3)16(22)11-7-13(19)14(20)8-15(11)21/h7-8,12H,2,4-6,9,20H2,1,3H3. The van der Waals surface area contributed by atoms with Crippen LogP contribution in [0.4, 0.5) is 15.8 Å². The van der Waals surface area contributed by atoms with Crippen LogP contribution in [-0.4, -0.2) is 44.0 Å². The molecule has 1 unspecified atom stereocenters. The van der Waals surface area contributed by atoms with Crippen molar-refractivity contribution in [3.63, 3.8) is 0 Å². The second-order valence-electron chi connectivity index (χ2n) is 5.93. The molecule has 7 nitrogen and oxygen atoms in total. The maximum absolute atomic E-state index is 13.8.